The van der Waals surface area contributed by atoms with Crippen LogP contribution in [0.15, 0.2) is 36.4 Å². The van der Waals surface area contributed by atoms with Crippen LogP contribution >= 0.6 is 11.6 Å². The molecular weight excluding hydrogens is 486 g/mol. The number of halogens is 1. The average molecular weight is 530 g/mol. The largest absolute Gasteiger partial charge is 0.465 e. The van der Waals surface area contributed by atoms with Gasteiger partial charge in [-0.25, -0.2) is 4.79 Å². The molecule has 5 nitrogen and oxygen atoms in total. The Morgan fingerprint density at radius 3 is 1.92 bits per heavy atom. The van der Waals surface area contributed by atoms with E-state index in [1.165, 1.54) is 0 Å². The van der Waals surface area contributed by atoms with Crippen molar-refractivity contribution in [1.82, 2.24) is 0 Å². The lowest BCUT2D eigenvalue weighted by Gasteiger charge is -2.33. The summed E-state index contributed by atoms with van der Waals surface area (Å²) in [5.74, 6) is -0.710. The third-order valence-electron chi connectivity index (χ3n) is 6.00. The van der Waals surface area contributed by atoms with Crippen LogP contribution in [-0.4, -0.2) is 31.3 Å². The molecule has 1 amide bonds. The molecule has 0 aliphatic rings. The summed E-state index contributed by atoms with van der Waals surface area (Å²) in [4.78, 5) is 28.8. The molecule has 0 aliphatic carbocycles. The summed E-state index contributed by atoms with van der Waals surface area (Å²) in [6.07, 6.45) is -0.429. The van der Waals surface area contributed by atoms with Crippen LogP contribution in [0.25, 0.3) is 0 Å². The Kier molecular flexibility index (Phi) is 10.6. The zero-order valence-electron chi connectivity index (χ0n) is 24.1. The lowest BCUT2D eigenvalue weighted by atomic mass is 9.80. The first-order valence-electron chi connectivity index (χ1n) is 13.2. The van der Waals surface area contributed by atoms with Crippen LogP contribution in [0.2, 0.25) is 5.02 Å². The topological polar surface area (TPSA) is 55.8 Å². The van der Waals surface area contributed by atoms with E-state index in [4.69, 9.17) is 21.1 Å². The first-order valence-corrected chi connectivity index (χ1v) is 13.5. The van der Waals surface area contributed by atoms with Gasteiger partial charge in [0.05, 0.1) is 18.9 Å². The third kappa shape index (κ3) is 8.23. The quantitative estimate of drug-likeness (QED) is 0.306. The summed E-state index contributed by atoms with van der Waals surface area (Å²) < 4.78 is 11.5. The zero-order chi connectivity index (χ0) is 28.1. The molecule has 0 fully saturated rings. The van der Waals surface area contributed by atoms with Gasteiger partial charge in [-0.2, -0.15) is 0 Å². The summed E-state index contributed by atoms with van der Waals surface area (Å²) in [5, 5.41) is 0.582. The fourth-order valence-corrected chi connectivity index (χ4v) is 4.21. The van der Waals surface area contributed by atoms with Gasteiger partial charge in [0.1, 0.15) is 5.92 Å². The molecule has 2 rings (SSSR count). The van der Waals surface area contributed by atoms with Gasteiger partial charge in [0.25, 0.3) is 0 Å². The molecule has 6 heteroatoms. The minimum Gasteiger partial charge on any atom is -0.465 e. The number of nitrogens with zero attached hydrogens (tertiary/aromatic N) is 1. The molecule has 2 aromatic rings. The van der Waals surface area contributed by atoms with Gasteiger partial charge in [-0.3, -0.25) is 9.69 Å². The van der Waals surface area contributed by atoms with Crippen molar-refractivity contribution in [3.8, 4) is 0 Å². The second-order valence-corrected chi connectivity index (χ2v) is 12.4. The number of aryl methyl sites for hydroxylation is 1. The van der Waals surface area contributed by atoms with E-state index in [2.05, 4.69) is 26.8 Å². The maximum Gasteiger partial charge on any atom is 0.414 e. The Labute approximate surface area is 228 Å². The van der Waals surface area contributed by atoms with Crippen molar-refractivity contribution in [3.05, 3.63) is 63.7 Å². The van der Waals surface area contributed by atoms with E-state index in [9.17, 15) is 9.59 Å². The monoisotopic (exact) mass is 529 g/mol. The molecule has 0 saturated carbocycles. The van der Waals surface area contributed by atoms with Crippen molar-refractivity contribution in [3.63, 3.8) is 0 Å². The number of anilines is 1. The SMILES string of the molecule is Cc1cc(C(C)(C)C)cc(C(C(=O)OCC(C)C)c2ccc(Cl)cc2)c1N(C(=O)OCC(C)C)C(C)C. The van der Waals surface area contributed by atoms with Gasteiger partial charge in [0.15, 0.2) is 0 Å². The second kappa shape index (κ2) is 12.8. The number of carbonyl (C=O) groups is 2. The fraction of sp³-hybridized carbons (Fsp3) is 0.548. The van der Waals surface area contributed by atoms with Gasteiger partial charge in [0, 0.05) is 11.1 Å². The standard InChI is InChI=1S/C31H44ClNO4/c1-19(2)17-36-29(34)27(23-11-13-25(32)14-12-23)26-16-24(31(8,9)10)15-22(7)28(26)33(21(5)6)30(35)37-18-20(3)4/h11-16,19-21,27H,17-18H2,1-10H3. The number of amides is 1. The van der Waals surface area contributed by atoms with E-state index >= 15 is 0 Å². The number of hydrogen-bond donors (Lipinski definition) is 0. The molecule has 0 spiro atoms. The van der Waals surface area contributed by atoms with Gasteiger partial charge >= 0.3 is 12.1 Å². The normalized spacial score (nSPS) is 12.7. The fourth-order valence-electron chi connectivity index (χ4n) is 4.09. The highest BCUT2D eigenvalue weighted by Gasteiger charge is 2.34. The predicted octanol–water partition coefficient (Wildman–Crippen LogP) is 8.28. The van der Waals surface area contributed by atoms with Gasteiger partial charge in [0.2, 0.25) is 0 Å². The Morgan fingerprint density at radius 1 is 0.892 bits per heavy atom. The minimum atomic E-state index is -0.744. The summed E-state index contributed by atoms with van der Waals surface area (Å²) in [6.45, 7) is 20.9. The number of rotatable bonds is 9. The number of benzene rings is 2. The highest BCUT2D eigenvalue weighted by molar-refractivity contribution is 6.30. The summed E-state index contributed by atoms with van der Waals surface area (Å²) in [5.41, 5.74) is 3.94. The van der Waals surface area contributed by atoms with E-state index in [-0.39, 0.29) is 29.3 Å². The summed E-state index contributed by atoms with van der Waals surface area (Å²) in [7, 11) is 0. The first kappa shape index (κ1) is 30.7. The van der Waals surface area contributed by atoms with E-state index in [1.54, 1.807) is 17.0 Å². The van der Waals surface area contributed by atoms with Crippen LogP contribution in [0.4, 0.5) is 10.5 Å². The van der Waals surface area contributed by atoms with Gasteiger partial charge in [-0.15, -0.1) is 0 Å². The Bertz CT molecular complexity index is 1070. The van der Waals surface area contributed by atoms with Crippen LogP contribution < -0.4 is 4.90 Å². The molecular formula is C31H44ClNO4. The molecule has 2 aromatic carbocycles. The molecule has 1 atom stereocenters. The van der Waals surface area contributed by atoms with Crippen LogP contribution in [-0.2, 0) is 19.7 Å². The first-order chi connectivity index (χ1) is 17.1. The molecule has 37 heavy (non-hydrogen) atoms. The van der Waals surface area contributed by atoms with Crippen molar-refractivity contribution in [1.29, 1.82) is 0 Å². The zero-order valence-corrected chi connectivity index (χ0v) is 24.9. The predicted molar refractivity (Wildman–Crippen MR) is 153 cm³/mol. The molecule has 0 aliphatic heterocycles. The number of ether oxygens (including phenoxy) is 2. The molecule has 204 valence electrons. The van der Waals surface area contributed by atoms with Gasteiger partial charge in [-0.1, -0.05) is 84.3 Å². The van der Waals surface area contributed by atoms with Crippen molar-refractivity contribution in [2.75, 3.05) is 18.1 Å². The maximum atomic E-state index is 13.7. The molecule has 0 heterocycles. The highest BCUT2D eigenvalue weighted by Crippen LogP contribution is 2.41. The number of carbonyl (C=O) groups excluding carboxylic acids is 2. The molecule has 0 bridgehead atoms. The number of esters is 1. The molecule has 0 radical (unpaired) electrons. The van der Waals surface area contributed by atoms with Crippen molar-refractivity contribution >= 4 is 29.4 Å². The summed E-state index contributed by atoms with van der Waals surface area (Å²) in [6, 6.07) is 11.2. The Hall–Kier alpha value is -2.53. The van der Waals surface area contributed by atoms with E-state index in [0.29, 0.717) is 23.9 Å². The molecule has 0 N–H and O–H groups in total. The van der Waals surface area contributed by atoms with Crippen molar-refractivity contribution in [2.45, 2.75) is 86.6 Å². The highest BCUT2D eigenvalue weighted by atomic mass is 35.5. The van der Waals surface area contributed by atoms with Crippen LogP contribution in [0.1, 0.15) is 90.5 Å². The third-order valence-corrected chi connectivity index (χ3v) is 6.25. The van der Waals surface area contributed by atoms with Crippen molar-refractivity contribution < 1.29 is 19.1 Å². The van der Waals surface area contributed by atoms with E-state index in [1.807, 2.05) is 66.7 Å². The lowest BCUT2D eigenvalue weighted by Crippen LogP contribution is -2.40. The smallest absolute Gasteiger partial charge is 0.414 e. The average Bonchev–Trinajstić information content (AvgIpc) is 2.78. The van der Waals surface area contributed by atoms with Crippen LogP contribution in [0.3, 0.4) is 0 Å². The number of hydrogen-bond acceptors (Lipinski definition) is 4. The Balaban J connectivity index is 2.85. The van der Waals surface area contributed by atoms with Crippen LogP contribution in [0, 0.1) is 18.8 Å². The molecule has 1 unspecified atom stereocenters. The minimum absolute atomic E-state index is 0.175. The lowest BCUT2D eigenvalue weighted by molar-refractivity contribution is -0.145. The summed E-state index contributed by atoms with van der Waals surface area (Å²) >= 11 is 6.19. The van der Waals surface area contributed by atoms with E-state index < -0.39 is 12.0 Å². The molecule has 0 aromatic heterocycles. The second-order valence-electron chi connectivity index (χ2n) is 11.9. The van der Waals surface area contributed by atoms with Crippen molar-refractivity contribution in [2.24, 2.45) is 11.8 Å². The maximum absolute atomic E-state index is 13.7. The Morgan fingerprint density at radius 2 is 1.43 bits per heavy atom. The molecule has 0 saturated heterocycles. The van der Waals surface area contributed by atoms with Gasteiger partial charge < -0.3 is 9.47 Å². The van der Waals surface area contributed by atoms with Gasteiger partial charge in [-0.05, 0) is 72.4 Å². The van der Waals surface area contributed by atoms with E-state index in [0.717, 1.165) is 22.3 Å². The van der Waals surface area contributed by atoms with Crippen LogP contribution in [0.5, 0.6) is 0 Å².